The first kappa shape index (κ1) is 10.2. The number of hydrogen-bond acceptors (Lipinski definition) is 1. The maximum absolute atomic E-state index is 11.0. The second-order valence-corrected chi connectivity index (χ2v) is 4.23. The van der Waals surface area contributed by atoms with E-state index in [-0.39, 0.29) is 0 Å². The average molecular weight is 223 g/mol. The molecule has 1 atom stereocenters. The van der Waals surface area contributed by atoms with E-state index in [1.54, 1.807) is 0 Å². The standard InChI is InChI=1S/C12H11ClO2/c1-6-3-4-8-9(5-6)7(2)10(11(8)13)12(14)15/h3-5,11H,1-2H3,(H,14,15). The van der Waals surface area contributed by atoms with Gasteiger partial charge >= 0.3 is 5.97 Å². The van der Waals surface area contributed by atoms with Gasteiger partial charge in [0.2, 0.25) is 0 Å². The number of fused-ring (bicyclic) bond motifs is 1. The first-order valence-electron chi connectivity index (χ1n) is 4.71. The Balaban J connectivity index is 2.64. The van der Waals surface area contributed by atoms with E-state index >= 15 is 0 Å². The van der Waals surface area contributed by atoms with Crippen molar-refractivity contribution in [2.24, 2.45) is 0 Å². The third kappa shape index (κ3) is 1.45. The number of allylic oxidation sites excluding steroid dienone is 1. The molecule has 0 spiro atoms. The summed E-state index contributed by atoms with van der Waals surface area (Å²) in [7, 11) is 0. The van der Waals surface area contributed by atoms with Crippen LogP contribution in [0.4, 0.5) is 0 Å². The predicted octanol–water partition coefficient (Wildman–Crippen LogP) is 3.15. The monoisotopic (exact) mass is 222 g/mol. The quantitative estimate of drug-likeness (QED) is 0.742. The van der Waals surface area contributed by atoms with Crippen LogP contribution in [0.2, 0.25) is 0 Å². The molecule has 0 fully saturated rings. The van der Waals surface area contributed by atoms with Crippen LogP contribution >= 0.6 is 11.6 Å². The lowest BCUT2D eigenvalue weighted by molar-refractivity contribution is -0.132. The summed E-state index contributed by atoms with van der Waals surface area (Å²) in [6.07, 6.45) is 0. The summed E-state index contributed by atoms with van der Waals surface area (Å²) >= 11 is 6.11. The molecule has 1 aliphatic carbocycles. The predicted molar refractivity (Wildman–Crippen MR) is 60.0 cm³/mol. The van der Waals surface area contributed by atoms with Crippen molar-refractivity contribution in [3.05, 3.63) is 40.5 Å². The number of carbonyl (C=O) groups is 1. The molecule has 1 unspecified atom stereocenters. The van der Waals surface area contributed by atoms with E-state index in [2.05, 4.69) is 0 Å². The van der Waals surface area contributed by atoms with Gasteiger partial charge in [0.15, 0.2) is 0 Å². The zero-order valence-corrected chi connectivity index (χ0v) is 9.30. The molecule has 3 heteroatoms. The lowest BCUT2D eigenvalue weighted by Gasteiger charge is -2.05. The van der Waals surface area contributed by atoms with Crippen molar-refractivity contribution < 1.29 is 9.90 Å². The van der Waals surface area contributed by atoms with Crippen molar-refractivity contribution in [2.75, 3.05) is 0 Å². The van der Waals surface area contributed by atoms with Gasteiger partial charge in [0.05, 0.1) is 11.0 Å². The number of aliphatic carboxylic acids is 1. The van der Waals surface area contributed by atoms with Gasteiger partial charge in [0, 0.05) is 0 Å². The molecule has 1 aromatic carbocycles. The molecule has 1 N–H and O–H groups in total. The normalized spacial score (nSPS) is 19.3. The number of benzene rings is 1. The largest absolute Gasteiger partial charge is 0.478 e. The Morgan fingerprint density at radius 1 is 1.40 bits per heavy atom. The van der Waals surface area contributed by atoms with Gasteiger partial charge < -0.3 is 5.11 Å². The molecule has 0 heterocycles. The SMILES string of the molecule is CC1=C(C(=O)O)C(Cl)c2ccc(C)cc21. The lowest BCUT2D eigenvalue weighted by atomic mass is 10.0. The number of hydrogen-bond donors (Lipinski definition) is 1. The number of aryl methyl sites for hydroxylation is 1. The van der Waals surface area contributed by atoms with Crippen molar-refractivity contribution >= 4 is 23.1 Å². The topological polar surface area (TPSA) is 37.3 Å². The lowest BCUT2D eigenvalue weighted by Crippen LogP contribution is -2.03. The minimum atomic E-state index is -0.929. The molecule has 2 nitrogen and oxygen atoms in total. The average Bonchev–Trinajstić information content (AvgIpc) is 2.39. The van der Waals surface area contributed by atoms with E-state index in [0.717, 1.165) is 22.3 Å². The number of rotatable bonds is 1. The van der Waals surface area contributed by atoms with Crippen LogP contribution in [0.5, 0.6) is 0 Å². The molecule has 1 aliphatic rings. The molecular weight excluding hydrogens is 212 g/mol. The smallest absolute Gasteiger partial charge is 0.333 e. The van der Waals surface area contributed by atoms with Gasteiger partial charge in [-0.15, -0.1) is 11.6 Å². The summed E-state index contributed by atoms with van der Waals surface area (Å²) in [5.41, 5.74) is 4.06. The highest BCUT2D eigenvalue weighted by Crippen LogP contribution is 2.44. The fourth-order valence-corrected chi connectivity index (χ4v) is 2.42. The van der Waals surface area contributed by atoms with Crippen LogP contribution in [-0.2, 0) is 4.79 Å². The first-order chi connectivity index (χ1) is 7.02. The van der Waals surface area contributed by atoms with Crippen LogP contribution in [0.15, 0.2) is 23.8 Å². The second-order valence-electron chi connectivity index (χ2n) is 3.80. The Bertz CT molecular complexity index is 475. The number of halogens is 1. The summed E-state index contributed by atoms with van der Waals surface area (Å²) < 4.78 is 0. The maximum atomic E-state index is 11.0. The van der Waals surface area contributed by atoms with Crippen molar-refractivity contribution in [3.8, 4) is 0 Å². The van der Waals surface area contributed by atoms with E-state index in [1.165, 1.54) is 0 Å². The van der Waals surface area contributed by atoms with Gasteiger partial charge in [-0.2, -0.15) is 0 Å². The zero-order chi connectivity index (χ0) is 11.2. The maximum Gasteiger partial charge on any atom is 0.333 e. The van der Waals surface area contributed by atoms with E-state index in [9.17, 15) is 4.79 Å². The minimum Gasteiger partial charge on any atom is -0.478 e. The van der Waals surface area contributed by atoms with E-state index in [0.29, 0.717) is 5.57 Å². The van der Waals surface area contributed by atoms with Crippen LogP contribution in [-0.4, -0.2) is 11.1 Å². The number of carboxylic acids is 1. The van der Waals surface area contributed by atoms with Gasteiger partial charge in [-0.25, -0.2) is 4.79 Å². The van der Waals surface area contributed by atoms with Crippen molar-refractivity contribution in [1.29, 1.82) is 0 Å². The highest BCUT2D eigenvalue weighted by Gasteiger charge is 2.31. The molecular formula is C12H11ClO2. The molecule has 15 heavy (non-hydrogen) atoms. The number of alkyl halides is 1. The third-order valence-corrected chi connectivity index (χ3v) is 3.23. The van der Waals surface area contributed by atoms with Gasteiger partial charge in [-0.1, -0.05) is 23.8 Å². The minimum absolute atomic E-state index is 0.303. The highest BCUT2D eigenvalue weighted by molar-refractivity contribution is 6.28. The molecule has 2 rings (SSSR count). The Kier molecular flexibility index (Phi) is 2.31. The van der Waals surface area contributed by atoms with E-state index in [1.807, 2.05) is 32.0 Å². The molecule has 78 valence electrons. The van der Waals surface area contributed by atoms with Crippen molar-refractivity contribution in [3.63, 3.8) is 0 Å². The molecule has 0 aromatic heterocycles. The third-order valence-electron chi connectivity index (χ3n) is 2.77. The Hall–Kier alpha value is -1.28. The van der Waals surface area contributed by atoms with Gasteiger partial charge in [0.25, 0.3) is 0 Å². The van der Waals surface area contributed by atoms with Gasteiger partial charge in [-0.05, 0) is 30.5 Å². The van der Waals surface area contributed by atoms with Gasteiger partial charge in [0.1, 0.15) is 0 Å². The fraction of sp³-hybridized carbons (Fsp3) is 0.250. The van der Waals surface area contributed by atoms with E-state index in [4.69, 9.17) is 16.7 Å². The Morgan fingerprint density at radius 3 is 2.67 bits per heavy atom. The van der Waals surface area contributed by atoms with Crippen molar-refractivity contribution in [2.45, 2.75) is 19.2 Å². The van der Waals surface area contributed by atoms with Crippen LogP contribution in [0.3, 0.4) is 0 Å². The molecule has 0 aliphatic heterocycles. The molecule has 0 amide bonds. The molecule has 0 saturated heterocycles. The molecule has 0 bridgehead atoms. The van der Waals surface area contributed by atoms with Crippen LogP contribution in [0, 0.1) is 6.92 Å². The molecule has 1 aromatic rings. The van der Waals surface area contributed by atoms with Crippen LogP contribution in [0.1, 0.15) is 29.0 Å². The Morgan fingerprint density at radius 2 is 2.07 bits per heavy atom. The fourth-order valence-electron chi connectivity index (χ4n) is 1.98. The summed E-state index contributed by atoms with van der Waals surface area (Å²) in [6, 6.07) is 5.84. The van der Waals surface area contributed by atoms with Crippen molar-refractivity contribution in [1.82, 2.24) is 0 Å². The highest BCUT2D eigenvalue weighted by atomic mass is 35.5. The Labute approximate surface area is 93.2 Å². The summed E-state index contributed by atoms with van der Waals surface area (Å²) in [6.45, 7) is 3.79. The summed E-state index contributed by atoms with van der Waals surface area (Å²) in [5.74, 6) is -0.929. The first-order valence-corrected chi connectivity index (χ1v) is 5.15. The second kappa shape index (κ2) is 3.38. The summed E-state index contributed by atoms with van der Waals surface area (Å²) in [5, 5.41) is 8.54. The van der Waals surface area contributed by atoms with E-state index < -0.39 is 11.3 Å². The number of carboxylic acid groups (broad SMARTS) is 1. The van der Waals surface area contributed by atoms with Gasteiger partial charge in [-0.3, -0.25) is 0 Å². The molecule has 0 radical (unpaired) electrons. The van der Waals surface area contributed by atoms with Crippen LogP contribution < -0.4 is 0 Å². The van der Waals surface area contributed by atoms with Crippen LogP contribution in [0.25, 0.3) is 5.57 Å². The zero-order valence-electron chi connectivity index (χ0n) is 8.54. The summed E-state index contributed by atoms with van der Waals surface area (Å²) in [4.78, 5) is 11.0. The molecule has 0 saturated carbocycles.